The number of hydrogen-bond donors (Lipinski definition) is 1. The van der Waals surface area contributed by atoms with Crippen molar-refractivity contribution >= 4 is 10.2 Å². The molecule has 2 aliphatic rings. The lowest BCUT2D eigenvalue weighted by Gasteiger charge is -2.24. The van der Waals surface area contributed by atoms with Gasteiger partial charge < -0.3 is 0 Å². The SMILES string of the molecule is CC1(C)CC1(CNS(=O)(=O)N1CCCC1)c1ccccc1. The van der Waals surface area contributed by atoms with Crippen molar-refractivity contribution < 1.29 is 8.42 Å². The molecule has 21 heavy (non-hydrogen) atoms. The van der Waals surface area contributed by atoms with E-state index in [2.05, 4.69) is 30.7 Å². The van der Waals surface area contributed by atoms with Gasteiger partial charge in [0, 0.05) is 25.0 Å². The van der Waals surface area contributed by atoms with E-state index in [0.717, 1.165) is 19.3 Å². The van der Waals surface area contributed by atoms with E-state index < -0.39 is 10.2 Å². The topological polar surface area (TPSA) is 49.4 Å². The third-order valence-electron chi connectivity index (χ3n) is 5.20. The Hall–Kier alpha value is -0.910. The molecule has 0 amide bonds. The van der Waals surface area contributed by atoms with Crippen LogP contribution in [0.15, 0.2) is 30.3 Å². The molecule has 0 spiro atoms. The highest BCUT2D eigenvalue weighted by Gasteiger charge is 2.61. The maximum atomic E-state index is 12.4. The first-order chi connectivity index (χ1) is 9.87. The molecule has 4 nitrogen and oxygen atoms in total. The molecule has 1 saturated heterocycles. The van der Waals surface area contributed by atoms with Crippen LogP contribution in [0.3, 0.4) is 0 Å². The van der Waals surface area contributed by atoms with Crippen LogP contribution in [0, 0.1) is 5.41 Å². The van der Waals surface area contributed by atoms with Gasteiger partial charge in [-0.05, 0) is 30.2 Å². The molecule has 2 fully saturated rings. The van der Waals surface area contributed by atoms with E-state index in [9.17, 15) is 8.42 Å². The number of nitrogens with zero attached hydrogens (tertiary/aromatic N) is 1. The monoisotopic (exact) mass is 308 g/mol. The molecule has 1 aromatic carbocycles. The fourth-order valence-electron chi connectivity index (χ4n) is 3.60. The minimum atomic E-state index is -3.33. The zero-order chi connectivity index (χ0) is 15.1. The van der Waals surface area contributed by atoms with E-state index in [-0.39, 0.29) is 10.8 Å². The summed E-state index contributed by atoms with van der Waals surface area (Å²) >= 11 is 0. The van der Waals surface area contributed by atoms with E-state index in [1.54, 1.807) is 4.31 Å². The third kappa shape index (κ3) is 2.62. The molecule has 5 heteroatoms. The van der Waals surface area contributed by atoms with Crippen molar-refractivity contribution in [1.29, 1.82) is 0 Å². The Morgan fingerprint density at radius 3 is 2.24 bits per heavy atom. The number of benzene rings is 1. The van der Waals surface area contributed by atoms with Crippen LogP contribution in [0.5, 0.6) is 0 Å². The van der Waals surface area contributed by atoms with E-state index in [1.807, 2.05) is 18.2 Å². The molecule has 116 valence electrons. The zero-order valence-corrected chi connectivity index (χ0v) is 13.6. The minimum Gasteiger partial charge on any atom is -0.201 e. The van der Waals surface area contributed by atoms with Gasteiger partial charge in [-0.3, -0.25) is 0 Å². The summed E-state index contributed by atoms with van der Waals surface area (Å²) in [5.74, 6) is 0. The summed E-state index contributed by atoms with van der Waals surface area (Å²) in [7, 11) is -3.33. The molecule has 1 heterocycles. The second-order valence-corrected chi connectivity index (χ2v) is 8.70. The molecule has 1 unspecified atom stereocenters. The molecule has 1 aliphatic carbocycles. The van der Waals surface area contributed by atoms with Crippen LogP contribution >= 0.6 is 0 Å². The Morgan fingerprint density at radius 2 is 1.71 bits per heavy atom. The van der Waals surface area contributed by atoms with Crippen LogP contribution in [0.25, 0.3) is 0 Å². The quantitative estimate of drug-likeness (QED) is 0.907. The molecule has 0 aromatic heterocycles. The molecule has 1 aromatic rings. The smallest absolute Gasteiger partial charge is 0.201 e. The van der Waals surface area contributed by atoms with Crippen LogP contribution in [0.1, 0.15) is 38.7 Å². The van der Waals surface area contributed by atoms with Crippen molar-refractivity contribution in [3.63, 3.8) is 0 Å². The Morgan fingerprint density at radius 1 is 1.14 bits per heavy atom. The van der Waals surface area contributed by atoms with Crippen LogP contribution in [0.2, 0.25) is 0 Å². The first kappa shape index (κ1) is 15.0. The summed E-state index contributed by atoms with van der Waals surface area (Å²) in [5.41, 5.74) is 1.31. The normalized spacial score (nSPS) is 28.7. The van der Waals surface area contributed by atoms with Gasteiger partial charge in [0.15, 0.2) is 0 Å². The summed E-state index contributed by atoms with van der Waals surface area (Å²) < 4.78 is 29.2. The molecule has 1 N–H and O–H groups in total. The van der Waals surface area contributed by atoms with Gasteiger partial charge in [0.2, 0.25) is 0 Å². The first-order valence-electron chi connectivity index (χ1n) is 7.68. The van der Waals surface area contributed by atoms with Gasteiger partial charge in [-0.2, -0.15) is 12.7 Å². The Bertz CT molecular complexity index is 606. The summed E-state index contributed by atoms with van der Waals surface area (Å²) in [6.07, 6.45) is 2.96. The summed E-state index contributed by atoms with van der Waals surface area (Å²) in [4.78, 5) is 0. The van der Waals surface area contributed by atoms with Crippen LogP contribution in [-0.2, 0) is 15.6 Å². The highest BCUT2D eigenvalue weighted by molar-refractivity contribution is 7.87. The zero-order valence-electron chi connectivity index (χ0n) is 12.8. The van der Waals surface area contributed by atoms with Crippen LogP contribution < -0.4 is 4.72 Å². The summed E-state index contributed by atoms with van der Waals surface area (Å²) in [5, 5.41) is 0. The van der Waals surface area contributed by atoms with E-state index in [1.165, 1.54) is 5.56 Å². The van der Waals surface area contributed by atoms with E-state index in [0.29, 0.717) is 19.6 Å². The number of rotatable bonds is 5. The van der Waals surface area contributed by atoms with E-state index in [4.69, 9.17) is 0 Å². The van der Waals surface area contributed by atoms with E-state index >= 15 is 0 Å². The lowest BCUT2D eigenvalue weighted by atomic mass is 9.88. The second kappa shape index (κ2) is 5.07. The fraction of sp³-hybridized carbons (Fsp3) is 0.625. The lowest BCUT2D eigenvalue weighted by Crippen LogP contribution is -2.43. The predicted molar refractivity (Wildman–Crippen MR) is 84.2 cm³/mol. The average Bonchev–Trinajstić information content (AvgIpc) is 2.85. The van der Waals surface area contributed by atoms with Crippen molar-refractivity contribution in [3.05, 3.63) is 35.9 Å². The van der Waals surface area contributed by atoms with Gasteiger partial charge in [0.05, 0.1) is 0 Å². The van der Waals surface area contributed by atoms with Crippen molar-refractivity contribution in [2.75, 3.05) is 19.6 Å². The highest BCUT2D eigenvalue weighted by Crippen LogP contribution is 2.63. The molecular formula is C16H24N2O2S. The van der Waals surface area contributed by atoms with Crippen LogP contribution in [0.4, 0.5) is 0 Å². The second-order valence-electron chi connectivity index (χ2n) is 6.94. The Kier molecular flexibility index (Phi) is 3.62. The van der Waals surface area contributed by atoms with Gasteiger partial charge >= 0.3 is 0 Å². The minimum absolute atomic E-state index is 0.0684. The number of hydrogen-bond acceptors (Lipinski definition) is 2. The molecule has 1 atom stereocenters. The maximum absolute atomic E-state index is 12.4. The fourth-order valence-corrected chi connectivity index (χ4v) is 4.95. The first-order valence-corrected chi connectivity index (χ1v) is 9.12. The van der Waals surface area contributed by atoms with Crippen molar-refractivity contribution in [2.24, 2.45) is 5.41 Å². The molecule has 1 saturated carbocycles. The van der Waals surface area contributed by atoms with Crippen molar-refractivity contribution in [3.8, 4) is 0 Å². The number of nitrogens with one attached hydrogen (secondary N) is 1. The van der Waals surface area contributed by atoms with Gasteiger partial charge in [0.25, 0.3) is 10.2 Å². The third-order valence-corrected chi connectivity index (χ3v) is 6.76. The van der Waals surface area contributed by atoms with Gasteiger partial charge in [-0.15, -0.1) is 0 Å². The molecule has 0 bridgehead atoms. The summed E-state index contributed by atoms with van der Waals surface area (Å²) in [6.45, 7) is 6.21. The molecular weight excluding hydrogens is 284 g/mol. The van der Waals surface area contributed by atoms with Gasteiger partial charge in [-0.1, -0.05) is 44.2 Å². The molecule has 3 rings (SSSR count). The van der Waals surface area contributed by atoms with Crippen LogP contribution in [-0.4, -0.2) is 32.4 Å². The van der Waals surface area contributed by atoms with Crippen molar-refractivity contribution in [2.45, 2.75) is 38.5 Å². The van der Waals surface area contributed by atoms with Gasteiger partial charge in [-0.25, -0.2) is 4.72 Å². The Balaban J connectivity index is 1.76. The molecule has 1 aliphatic heterocycles. The highest BCUT2D eigenvalue weighted by atomic mass is 32.2. The average molecular weight is 308 g/mol. The molecule has 0 radical (unpaired) electrons. The summed E-state index contributed by atoms with van der Waals surface area (Å²) in [6, 6.07) is 10.3. The predicted octanol–water partition coefficient (Wildman–Crippen LogP) is 2.28. The van der Waals surface area contributed by atoms with Gasteiger partial charge in [0.1, 0.15) is 0 Å². The maximum Gasteiger partial charge on any atom is 0.279 e. The lowest BCUT2D eigenvalue weighted by molar-refractivity contribution is 0.444. The Labute approximate surface area is 127 Å². The largest absolute Gasteiger partial charge is 0.279 e. The van der Waals surface area contributed by atoms with Crippen molar-refractivity contribution in [1.82, 2.24) is 9.03 Å². The standard InChI is InChI=1S/C16H24N2O2S/c1-15(2)12-16(15,14-8-4-3-5-9-14)13-17-21(19,20)18-10-6-7-11-18/h3-5,8-9,17H,6-7,10-13H2,1-2H3.